The van der Waals surface area contributed by atoms with Gasteiger partial charge in [-0.3, -0.25) is 9.59 Å². The summed E-state index contributed by atoms with van der Waals surface area (Å²) in [7, 11) is 0. The number of benzene rings is 2. The number of rotatable bonds is 7. The van der Waals surface area contributed by atoms with Crippen molar-refractivity contribution in [1.82, 2.24) is 9.80 Å². The summed E-state index contributed by atoms with van der Waals surface area (Å²) in [6.07, 6.45) is 1.87. The van der Waals surface area contributed by atoms with E-state index in [9.17, 15) is 9.59 Å². The highest BCUT2D eigenvalue weighted by Gasteiger charge is 2.36. The fourth-order valence-corrected chi connectivity index (χ4v) is 3.76. The Bertz CT molecular complexity index is 939. The second-order valence-corrected chi connectivity index (χ2v) is 7.42. The van der Waals surface area contributed by atoms with Crippen LogP contribution in [-0.4, -0.2) is 28.2 Å². The number of carbonyl (C=O) groups excluding carboxylic acids is 2. The number of hydrogen-bond donors (Lipinski definition) is 0. The molecule has 2 heterocycles. The second-order valence-electron chi connectivity index (χ2n) is 7.42. The molecule has 2 amide bonds. The average Bonchev–Trinajstić information content (AvgIpc) is 3.39. The molecule has 0 aliphatic carbocycles. The van der Waals surface area contributed by atoms with Crippen molar-refractivity contribution in [3.8, 4) is 0 Å². The summed E-state index contributed by atoms with van der Waals surface area (Å²) < 4.78 is 5.46. The fourth-order valence-electron chi connectivity index (χ4n) is 3.76. The standard InChI is InChI=1S/C24H24N2O3/c27-23-14-21(17-25(23)15-19-8-3-1-4-9-19)24(28)26(18-22-12-7-13-29-22)16-20-10-5-2-6-11-20/h1-13,21H,14-18H2. The SMILES string of the molecule is O=C1CC(C(=O)N(Cc2ccccc2)Cc2ccco2)CN1Cc1ccccc1. The minimum Gasteiger partial charge on any atom is -0.467 e. The molecule has 0 radical (unpaired) electrons. The van der Waals surface area contributed by atoms with Gasteiger partial charge in [-0.2, -0.15) is 0 Å². The summed E-state index contributed by atoms with van der Waals surface area (Å²) in [5.41, 5.74) is 2.13. The van der Waals surface area contributed by atoms with Crippen LogP contribution in [0.25, 0.3) is 0 Å². The number of likely N-dealkylation sites (tertiary alicyclic amines) is 1. The minimum atomic E-state index is -0.329. The zero-order chi connectivity index (χ0) is 20.1. The van der Waals surface area contributed by atoms with Gasteiger partial charge in [0.2, 0.25) is 11.8 Å². The molecular formula is C24H24N2O3. The summed E-state index contributed by atoms with van der Waals surface area (Å²) in [5.74, 6) is 0.434. The van der Waals surface area contributed by atoms with Crippen LogP contribution in [0.2, 0.25) is 0 Å². The highest BCUT2D eigenvalue weighted by atomic mass is 16.3. The first kappa shape index (κ1) is 19.0. The Balaban J connectivity index is 1.47. The fraction of sp³-hybridized carbons (Fsp3) is 0.250. The minimum absolute atomic E-state index is 0.00540. The van der Waals surface area contributed by atoms with Crippen LogP contribution in [0.15, 0.2) is 83.5 Å². The van der Waals surface area contributed by atoms with E-state index in [0.717, 1.165) is 16.9 Å². The van der Waals surface area contributed by atoms with Crippen LogP contribution >= 0.6 is 0 Å². The first-order valence-electron chi connectivity index (χ1n) is 9.86. The first-order valence-corrected chi connectivity index (χ1v) is 9.86. The Morgan fingerprint density at radius 2 is 1.62 bits per heavy atom. The molecule has 1 aliphatic rings. The molecule has 1 unspecified atom stereocenters. The summed E-state index contributed by atoms with van der Waals surface area (Å²) in [4.78, 5) is 29.4. The molecule has 0 saturated carbocycles. The molecule has 0 spiro atoms. The van der Waals surface area contributed by atoms with E-state index in [1.54, 1.807) is 16.1 Å². The van der Waals surface area contributed by atoms with Gasteiger partial charge in [0.25, 0.3) is 0 Å². The maximum absolute atomic E-state index is 13.3. The molecule has 0 N–H and O–H groups in total. The number of amides is 2. The molecule has 4 rings (SSSR count). The summed E-state index contributed by atoms with van der Waals surface area (Å²) >= 11 is 0. The van der Waals surface area contributed by atoms with Crippen molar-refractivity contribution < 1.29 is 14.0 Å². The summed E-state index contributed by atoms with van der Waals surface area (Å²) in [6, 6.07) is 23.5. The van der Waals surface area contributed by atoms with Gasteiger partial charge in [0.05, 0.1) is 18.7 Å². The molecule has 0 bridgehead atoms. The second kappa shape index (κ2) is 8.78. The van der Waals surface area contributed by atoms with Gasteiger partial charge in [-0.1, -0.05) is 60.7 Å². The molecule has 1 saturated heterocycles. The molecule has 3 aromatic rings. The van der Waals surface area contributed by atoms with E-state index >= 15 is 0 Å². The van der Waals surface area contributed by atoms with Gasteiger partial charge in [-0.25, -0.2) is 0 Å². The molecular weight excluding hydrogens is 364 g/mol. The van der Waals surface area contributed by atoms with Crippen LogP contribution in [-0.2, 0) is 29.2 Å². The predicted octanol–water partition coefficient (Wildman–Crippen LogP) is 3.86. The van der Waals surface area contributed by atoms with E-state index < -0.39 is 0 Å². The maximum atomic E-state index is 13.3. The largest absolute Gasteiger partial charge is 0.467 e. The first-order chi connectivity index (χ1) is 14.2. The number of hydrogen-bond acceptors (Lipinski definition) is 3. The van der Waals surface area contributed by atoms with Crippen LogP contribution in [0.1, 0.15) is 23.3 Å². The Labute approximate surface area is 170 Å². The topological polar surface area (TPSA) is 53.8 Å². The molecule has 1 fully saturated rings. The van der Waals surface area contributed by atoms with Crippen molar-refractivity contribution in [3.63, 3.8) is 0 Å². The molecule has 1 aromatic heterocycles. The number of carbonyl (C=O) groups is 2. The molecule has 5 heteroatoms. The Morgan fingerprint density at radius 1 is 0.931 bits per heavy atom. The predicted molar refractivity (Wildman–Crippen MR) is 109 cm³/mol. The van der Waals surface area contributed by atoms with Crippen LogP contribution in [0.3, 0.4) is 0 Å². The third-order valence-corrected chi connectivity index (χ3v) is 5.23. The normalized spacial score (nSPS) is 16.2. The number of nitrogens with zero attached hydrogens (tertiary/aromatic N) is 2. The molecule has 148 valence electrons. The van der Waals surface area contributed by atoms with Crippen molar-refractivity contribution in [3.05, 3.63) is 95.9 Å². The van der Waals surface area contributed by atoms with Crippen LogP contribution < -0.4 is 0 Å². The third-order valence-electron chi connectivity index (χ3n) is 5.23. The molecule has 2 aromatic carbocycles. The van der Waals surface area contributed by atoms with Gasteiger partial charge in [-0.15, -0.1) is 0 Å². The highest BCUT2D eigenvalue weighted by Crippen LogP contribution is 2.24. The lowest BCUT2D eigenvalue weighted by Gasteiger charge is -2.25. The van der Waals surface area contributed by atoms with Crippen molar-refractivity contribution in [2.45, 2.75) is 26.1 Å². The van der Waals surface area contributed by atoms with E-state index in [4.69, 9.17) is 4.42 Å². The third kappa shape index (κ3) is 4.74. The molecule has 29 heavy (non-hydrogen) atoms. The van der Waals surface area contributed by atoms with Crippen LogP contribution in [0.4, 0.5) is 0 Å². The summed E-state index contributed by atoms with van der Waals surface area (Å²) in [5, 5.41) is 0. The van der Waals surface area contributed by atoms with E-state index in [1.165, 1.54) is 0 Å². The van der Waals surface area contributed by atoms with Crippen molar-refractivity contribution in [2.24, 2.45) is 5.92 Å². The zero-order valence-corrected chi connectivity index (χ0v) is 16.2. The monoisotopic (exact) mass is 388 g/mol. The quantitative estimate of drug-likeness (QED) is 0.618. The van der Waals surface area contributed by atoms with Crippen LogP contribution in [0, 0.1) is 5.92 Å². The van der Waals surface area contributed by atoms with E-state index in [0.29, 0.717) is 26.2 Å². The molecule has 1 atom stereocenters. The lowest BCUT2D eigenvalue weighted by Crippen LogP contribution is -2.36. The Kier molecular flexibility index (Phi) is 5.75. The van der Waals surface area contributed by atoms with Crippen molar-refractivity contribution >= 4 is 11.8 Å². The van der Waals surface area contributed by atoms with Crippen molar-refractivity contribution in [2.75, 3.05) is 6.54 Å². The van der Waals surface area contributed by atoms with Gasteiger partial charge in [-0.05, 0) is 23.3 Å². The van der Waals surface area contributed by atoms with E-state index in [-0.39, 0.29) is 24.2 Å². The van der Waals surface area contributed by atoms with Crippen molar-refractivity contribution in [1.29, 1.82) is 0 Å². The molecule has 1 aliphatic heterocycles. The van der Waals surface area contributed by atoms with Gasteiger partial charge in [0, 0.05) is 26.1 Å². The lowest BCUT2D eigenvalue weighted by atomic mass is 10.1. The lowest BCUT2D eigenvalue weighted by molar-refractivity contribution is -0.137. The summed E-state index contributed by atoms with van der Waals surface area (Å²) in [6.45, 7) is 1.88. The smallest absolute Gasteiger partial charge is 0.228 e. The number of furan rings is 1. The van der Waals surface area contributed by atoms with Gasteiger partial charge < -0.3 is 14.2 Å². The maximum Gasteiger partial charge on any atom is 0.228 e. The van der Waals surface area contributed by atoms with Crippen LogP contribution in [0.5, 0.6) is 0 Å². The Morgan fingerprint density at radius 3 is 2.28 bits per heavy atom. The van der Waals surface area contributed by atoms with Gasteiger partial charge in [0.15, 0.2) is 0 Å². The Hall–Kier alpha value is -3.34. The average molecular weight is 388 g/mol. The highest BCUT2D eigenvalue weighted by molar-refractivity contribution is 5.89. The van der Waals surface area contributed by atoms with E-state index in [2.05, 4.69) is 0 Å². The van der Waals surface area contributed by atoms with E-state index in [1.807, 2.05) is 72.8 Å². The zero-order valence-electron chi connectivity index (χ0n) is 16.2. The van der Waals surface area contributed by atoms with Gasteiger partial charge >= 0.3 is 0 Å². The molecule has 5 nitrogen and oxygen atoms in total. The van der Waals surface area contributed by atoms with Gasteiger partial charge in [0.1, 0.15) is 5.76 Å².